The lowest BCUT2D eigenvalue weighted by atomic mass is 9.82. The van der Waals surface area contributed by atoms with Crippen LogP contribution < -0.4 is 10.5 Å². The van der Waals surface area contributed by atoms with E-state index < -0.39 is 33.5 Å². The van der Waals surface area contributed by atoms with Crippen molar-refractivity contribution in [2.24, 2.45) is 11.7 Å². The van der Waals surface area contributed by atoms with Gasteiger partial charge in [0.2, 0.25) is 15.9 Å². The van der Waals surface area contributed by atoms with Gasteiger partial charge < -0.3 is 10.6 Å². The molecule has 2 saturated heterocycles. The Morgan fingerprint density at radius 2 is 1.65 bits per heavy atom. The molecule has 0 radical (unpaired) electrons. The zero-order valence-corrected chi connectivity index (χ0v) is 19.4. The Morgan fingerprint density at radius 3 is 2.29 bits per heavy atom. The number of nitrogens with zero attached hydrogens (tertiary/aromatic N) is 1. The van der Waals surface area contributed by atoms with Crippen LogP contribution in [0.4, 0.5) is 13.2 Å². The van der Waals surface area contributed by atoms with Crippen molar-refractivity contribution in [2.45, 2.75) is 61.5 Å². The number of hydrogen-bond acceptors (Lipinski definition) is 4. The van der Waals surface area contributed by atoms with Gasteiger partial charge in [0.15, 0.2) is 11.6 Å². The molecule has 4 atom stereocenters. The minimum Gasteiger partial charge on any atom is -0.337 e. The van der Waals surface area contributed by atoms with Gasteiger partial charge in [-0.05, 0) is 61.8 Å². The number of amides is 1. The van der Waals surface area contributed by atoms with Crippen LogP contribution in [0, 0.1) is 23.4 Å². The number of hydrogen-bond donors (Lipinski definition) is 2. The Kier molecular flexibility index (Phi) is 7.30. The first-order valence-electron chi connectivity index (χ1n) is 11.4. The molecule has 6 nitrogen and oxygen atoms in total. The molecular weight excluding hydrogens is 467 g/mol. The molecule has 0 saturated carbocycles. The number of carbonyl (C=O) groups excluding carboxylic acids is 1. The van der Waals surface area contributed by atoms with Crippen LogP contribution in [0.5, 0.6) is 0 Å². The highest BCUT2D eigenvalue weighted by molar-refractivity contribution is 7.89. The lowest BCUT2D eigenvalue weighted by Gasteiger charge is -2.41. The van der Waals surface area contributed by atoms with E-state index in [4.69, 9.17) is 5.73 Å². The van der Waals surface area contributed by atoms with Crippen LogP contribution in [0.25, 0.3) is 0 Å². The number of nitrogens with one attached hydrogen (secondary N) is 1. The molecule has 2 aromatic rings. The summed E-state index contributed by atoms with van der Waals surface area (Å²) >= 11 is 0. The van der Waals surface area contributed by atoms with Crippen molar-refractivity contribution in [3.8, 4) is 0 Å². The molecule has 184 valence electrons. The van der Waals surface area contributed by atoms with E-state index in [-0.39, 0.29) is 53.8 Å². The van der Waals surface area contributed by atoms with Gasteiger partial charge in [0.1, 0.15) is 5.82 Å². The number of nitrogens with two attached hydrogens (primary N) is 1. The van der Waals surface area contributed by atoms with E-state index in [1.165, 1.54) is 12.1 Å². The first kappa shape index (κ1) is 24.7. The molecule has 4 rings (SSSR count). The molecule has 0 aliphatic carbocycles. The van der Waals surface area contributed by atoms with E-state index >= 15 is 0 Å². The van der Waals surface area contributed by atoms with E-state index in [0.717, 1.165) is 18.9 Å². The van der Waals surface area contributed by atoms with E-state index in [1.54, 1.807) is 18.2 Å². The van der Waals surface area contributed by atoms with Crippen LogP contribution in [0.3, 0.4) is 0 Å². The van der Waals surface area contributed by atoms with Crippen LogP contribution in [-0.4, -0.2) is 43.9 Å². The second kappa shape index (κ2) is 10.1. The highest BCUT2D eigenvalue weighted by atomic mass is 32.2. The predicted octanol–water partition coefficient (Wildman–Crippen LogP) is 3.11. The summed E-state index contributed by atoms with van der Waals surface area (Å²) in [5, 5.41) is 0. The quantitative estimate of drug-likeness (QED) is 0.551. The Balaban J connectivity index is 1.32. The Labute approximate surface area is 197 Å². The molecule has 2 fully saturated rings. The van der Waals surface area contributed by atoms with Gasteiger partial charge in [0, 0.05) is 37.2 Å². The molecule has 10 heteroatoms. The molecular formula is C24H28F3N3O3S. The van der Waals surface area contributed by atoms with Gasteiger partial charge in [0.05, 0.1) is 4.90 Å². The van der Waals surface area contributed by atoms with Crippen molar-refractivity contribution in [3.05, 3.63) is 65.5 Å². The molecule has 2 aromatic carbocycles. The third-order valence-electron chi connectivity index (χ3n) is 6.89. The summed E-state index contributed by atoms with van der Waals surface area (Å²) in [5.41, 5.74) is 6.38. The number of benzene rings is 2. The maximum Gasteiger partial charge on any atom is 0.240 e. The normalized spacial score (nSPS) is 23.2. The van der Waals surface area contributed by atoms with Gasteiger partial charge in [-0.1, -0.05) is 18.2 Å². The maximum absolute atomic E-state index is 14.0. The van der Waals surface area contributed by atoms with Gasteiger partial charge in [-0.3, -0.25) is 4.79 Å². The summed E-state index contributed by atoms with van der Waals surface area (Å²) < 4.78 is 67.9. The van der Waals surface area contributed by atoms with Gasteiger partial charge >= 0.3 is 0 Å². The van der Waals surface area contributed by atoms with Gasteiger partial charge in [-0.25, -0.2) is 26.3 Å². The van der Waals surface area contributed by atoms with Gasteiger partial charge in [0.25, 0.3) is 0 Å². The summed E-state index contributed by atoms with van der Waals surface area (Å²) in [6, 6.07) is 8.89. The number of halogens is 3. The smallest absolute Gasteiger partial charge is 0.240 e. The largest absolute Gasteiger partial charge is 0.337 e. The first-order chi connectivity index (χ1) is 16.2. The predicted molar refractivity (Wildman–Crippen MR) is 121 cm³/mol. The van der Waals surface area contributed by atoms with Crippen molar-refractivity contribution in [1.29, 1.82) is 0 Å². The van der Waals surface area contributed by atoms with Crippen LogP contribution in [-0.2, 0) is 21.2 Å². The Morgan fingerprint density at radius 1 is 1.03 bits per heavy atom. The average molecular weight is 496 g/mol. The summed E-state index contributed by atoms with van der Waals surface area (Å²) in [7, 11) is -3.68. The minimum absolute atomic E-state index is 0.00432. The molecule has 1 amide bonds. The fourth-order valence-corrected chi connectivity index (χ4v) is 6.27. The van der Waals surface area contributed by atoms with Crippen molar-refractivity contribution in [1.82, 2.24) is 9.62 Å². The topological polar surface area (TPSA) is 92.5 Å². The summed E-state index contributed by atoms with van der Waals surface area (Å²) in [5.74, 6) is -3.24. The van der Waals surface area contributed by atoms with E-state index in [0.29, 0.717) is 18.9 Å². The Hall–Kier alpha value is -2.43. The summed E-state index contributed by atoms with van der Waals surface area (Å²) in [6.45, 7) is 0.00432. The van der Waals surface area contributed by atoms with E-state index in [2.05, 4.69) is 4.72 Å². The van der Waals surface area contributed by atoms with Crippen LogP contribution in [0.1, 0.15) is 37.7 Å². The number of carbonyl (C=O) groups is 1. The molecule has 0 aromatic heterocycles. The second-order valence-electron chi connectivity index (χ2n) is 9.10. The van der Waals surface area contributed by atoms with Crippen LogP contribution in [0.2, 0.25) is 0 Å². The van der Waals surface area contributed by atoms with E-state index in [9.17, 15) is 26.4 Å². The Bertz CT molecular complexity index is 1130. The molecule has 2 bridgehead atoms. The number of rotatable bonds is 8. The maximum atomic E-state index is 14.0. The number of sulfonamides is 1. The highest BCUT2D eigenvalue weighted by Gasteiger charge is 2.44. The van der Waals surface area contributed by atoms with Crippen LogP contribution >= 0.6 is 0 Å². The van der Waals surface area contributed by atoms with Gasteiger partial charge in [-0.2, -0.15) is 0 Å². The zero-order valence-electron chi connectivity index (χ0n) is 18.6. The monoisotopic (exact) mass is 495 g/mol. The van der Waals surface area contributed by atoms with Crippen molar-refractivity contribution < 1.29 is 26.4 Å². The molecule has 0 spiro atoms. The lowest BCUT2D eigenvalue weighted by Crippen LogP contribution is -2.50. The first-order valence-corrected chi connectivity index (χ1v) is 12.9. The van der Waals surface area contributed by atoms with E-state index in [1.807, 2.05) is 4.90 Å². The average Bonchev–Trinajstić information content (AvgIpc) is 3.07. The summed E-state index contributed by atoms with van der Waals surface area (Å²) in [4.78, 5) is 14.9. The summed E-state index contributed by atoms with van der Waals surface area (Å²) in [6.07, 6.45) is 3.08. The molecule has 2 aliphatic heterocycles. The molecule has 2 unspecified atom stereocenters. The molecule has 3 N–H and O–H groups in total. The lowest BCUT2D eigenvalue weighted by molar-refractivity contribution is -0.136. The molecule has 34 heavy (non-hydrogen) atoms. The molecule has 2 heterocycles. The third kappa shape index (κ3) is 5.29. The minimum atomic E-state index is -3.68. The zero-order chi connectivity index (χ0) is 24.5. The number of piperidine rings is 1. The van der Waals surface area contributed by atoms with Gasteiger partial charge in [-0.15, -0.1) is 0 Å². The molecule has 2 aliphatic rings. The van der Waals surface area contributed by atoms with Crippen LogP contribution in [0.15, 0.2) is 47.4 Å². The fraction of sp³-hybridized carbons (Fsp3) is 0.458. The van der Waals surface area contributed by atoms with Crippen molar-refractivity contribution >= 4 is 15.9 Å². The second-order valence-corrected chi connectivity index (χ2v) is 10.9. The highest BCUT2D eigenvalue weighted by Crippen LogP contribution is 2.40. The van der Waals surface area contributed by atoms with Crippen molar-refractivity contribution in [2.75, 3.05) is 6.54 Å². The fourth-order valence-electron chi connectivity index (χ4n) is 5.22. The standard InChI is InChI=1S/C24H28F3N3O3S/c25-20-14-22(27)21(26)12-15(20)13-23(28)16-10-17-6-7-18(11-16)30(17)24(31)8-9-29-34(32,33)19-4-2-1-3-5-19/h1-5,12,14,16-18,23,29H,6-11,13,28H2/t16?,17-,18+,23?. The number of fused-ring (bicyclic) bond motifs is 2. The third-order valence-corrected chi connectivity index (χ3v) is 8.37. The van der Waals surface area contributed by atoms with Crippen molar-refractivity contribution in [3.63, 3.8) is 0 Å². The SMILES string of the molecule is NC(Cc1cc(F)c(F)cc1F)C1C[C@H]2CC[C@@H](C1)N2C(=O)CCNS(=O)(=O)c1ccccc1.